The molecule has 0 saturated heterocycles. The quantitative estimate of drug-likeness (QED) is 0.504. The second-order valence-corrected chi connectivity index (χ2v) is 5.09. The van der Waals surface area contributed by atoms with Gasteiger partial charge in [-0.2, -0.15) is 0 Å². The van der Waals surface area contributed by atoms with E-state index in [0.717, 1.165) is 12.3 Å². The lowest BCUT2D eigenvalue weighted by atomic mass is 10.0. The lowest BCUT2D eigenvalue weighted by Crippen LogP contribution is -2.32. The molecule has 1 fully saturated rings. The Kier molecular flexibility index (Phi) is 7.30. The zero-order valence-corrected chi connectivity index (χ0v) is 10.9. The maximum absolute atomic E-state index is 11.7. The van der Waals surface area contributed by atoms with Crippen molar-refractivity contribution in [3.8, 4) is 0 Å². The lowest BCUT2D eigenvalue weighted by Gasteiger charge is -2.13. The molecule has 0 radical (unpaired) electrons. The number of aldehydes is 2. The van der Waals surface area contributed by atoms with Crippen molar-refractivity contribution in [3.05, 3.63) is 0 Å². The Morgan fingerprint density at radius 3 is 2.33 bits per heavy atom. The molecular formula is C14H23NO3. The van der Waals surface area contributed by atoms with Crippen molar-refractivity contribution in [2.24, 2.45) is 11.8 Å². The first-order chi connectivity index (χ1) is 8.77. The summed E-state index contributed by atoms with van der Waals surface area (Å²) in [6, 6.07) is 0. The second-order valence-electron chi connectivity index (χ2n) is 5.09. The Labute approximate surface area is 109 Å². The molecule has 0 aliphatic heterocycles. The first kappa shape index (κ1) is 14.9. The minimum atomic E-state index is -0.480. The standard InChI is InChI=1S/C14H23NO3/c16-10-7-13(8-11-17)14(18)15-9-3-6-12-4-1-2-5-12/h10-13H,1-9H2,(H,15,18). The highest BCUT2D eigenvalue weighted by molar-refractivity contribution is 5.82. The van der Waals surface area contributed by atoms with Gasteiger partial charge < -0.3 is 14.9 Å². The molecule has 1 amide bonds. The van der Waals surface area contributed by atoms with Crippen molar-refractivity contribution in [3.63, 3.8) is 0 Å². The Morgan fingerprint density at radius 1 is 1.17 bits per heavy atom. The van der Waals surface area contributed by atoms with Gasteiger partial charge in [-0.15, -0.1) is 0 Å². The smallest absolute Gasteiger partial charge is 0.223 e. The number of carbonyl (C=O) groups excluding carboxylic acids is 3. The Bertz CT molecular complexity index is 262. The number of rotatable bonds is 9. The third kappa shape index (κ3) is 5.43. The minimum absolute atomic E-state index is 0.132. The largest absolute Gasteiger partial charge is 0.356 e. The summed E-state index contributed by atoms with van der Waals surface area (Å²) in [6.07, 6.45) is 9.17. The molecule has 0 unspecified atom stereocenters. The molecule has 102 valence electrons. The molecule has 0 heterocycles. The van der Waals surface area contributed by atoms with Crippen molar-refractivity contribution in [2.75, 3.05) is 6.54 Å². The van der Waals surface area contributed by atoms with Crippen LogP contribution in [0.15, 0.2) is 0 Å². The summed E-state index contributed by atoms with van der Waals surface area (Å²) in [5.41, 5.74) is 0. The highest BCUT2D eigenvalue weighted by atomic mass is 16.2. The summed E-state index contributed by atoms with van der Waals surface area (Å²) in [4.78, 5) is 32.5. The maximum Gasteiger partial charge on any atom is 0.223 e. The monoisotopic (exact) mass is 253 g/mol. The minimum Gasteiger partial charge on any atom is -0.356 e. The maximum atomic E-state index is 11.7. The van der Waals surface area contributed by atoms with Crippen molar-refractivity contribution >= 4 is 18.5 Å². The van der Waals surface area contributed by atoms with Gasteiger partial charge in [0, 0.05) is 19.4 Å². The third-order valence-electron chi connectivity index (χ3n) is 3.70. The summed E-state index contributed by atoms with van der Waals surface area (Å²) >= 11 is 0. The van der Waals surface area contributed by atoms with Crippen LogP contribution >= 0.6 is 0 Å². The van der Waals surface area contributed by atoms with Crippen LogP contribution < -0.4 is 5.32 Å². The summed E-state index contributed by atoms with van der Waals surface area (Å²) < 4.78 is 0. The fourth-order valence-corrected chi connectivity index (χ4v) is 2.59. The van der Waals surface area contributed by atoms with Crippen LogP contribution in [0.25, 0.3) is 0 Å². The average molecular weight is 253 g/mol. The first-order valence-electron chi connectivity index (χ1n) is 6.93. The predicted octanol–water partition coefficient (Wildman–Crippen LogP) is 1.87. The Hall–Kier alpha value is -1.19. The SMILES string of the molecule is O=CCC(CC=O)C(=O)NCCCC1CCCC1. The molecule has 4 heteroatoms. The van der Waals surface area contributed by atoms with Crippen LogP contribution in [0, 0.1) is 11.8 Å². The number of hydrogen-bond acceptors (Lipinski definition) is 3. The van der Waals surface area contributed by atoms with Crippen LogP contribution in [0.5, 0.6) is 0 Å². The molecule has 0 bridgehead atoms. The van der Waals surface area contributed by atoms with Crippen molar-refractivity contribution < 1.29 is 14.4 Å². The molecule has 4 nitrogen and oxygen atoms in total. The summed E-state index contributed by atoms with van der Waals surface area (Å²) in [6.45, 7) is 0.656. The molecule has 0 atom stereocenters. The molecule has 1 rings (SSSR count). The van der Waals surface area contributed by atoms with Crippen LogP contribution in [0.1, 0.15) is 51.4 Å². The lowest BCUT2D eigenvalue weighted by molar-refractivity contribution is -0.128. The van der Waals surface area contributed by atoms with Crippen molar-refractivity contribution in [1.29, 1.82) is 0 Å². The molecule has 1 N–H and O–H groups in total. The van der Waals surface area contributed by atoms with Gasteiger partial charge >= 0.3 is 0 Å². The van der Waals surface area contributed by atoms with Gasteiger partial charge in [-0.25, -0.2) is 0 Å². The zero-order chi connectivity index (χ0) is 13.2. The number of carbonyl (C=O) groups is 3. The van der Waals surface area contributed by atoms with E-state index in [1.54, 1.807) is 0 Å². The van der Waals surface area contributed by atoms with Crippen LogP contribution in [0.3, 0.4) is 0 Å². The van der Waals surface area contributed by atoms with E-state index in [4.69, 9.17) is 0 Å². The van der Waals surface area contributed by atoms with Crippen LogP contribution in [0.2, 0.25) is 0 Å². The first-order valence-corrected chi connectivity index (χ1v) is 6.93. The van der Waals surface area contributed by atoms with E-state index in [1.807, 2.05) is 0 Å². The summed E-state index contributed by atoms with van der Waals surface area (Å²) in [5, 5.41) is 2.82. The van der Waals surface area contributed by atoms with E-state index < -0.39 is 5.92 Å². The normalized spacial score (nSPS) is 15.8. The predicted molar refractivity (Wildman–Crippen MR) is 69.1 cm³/mol. The number of nitrogens with one attached hydrogen (secondary N) is 1. The molecule has 18 heavy (non-hydrogen) atoms. The van der Waals surface area contributed by atoms with Crippen LogP contribution in [-0.2, 0) is 14.4 Å². The van der Waals surface area contributed by atoms with E-state index in [9.17, 15) is 14.4 Å². The van der Waals surface area contributed by atoms with Gasteiger partial charge in [0.25, 0.3) is 0 Å². The van der Waals surface area contributed by atoms with Crippen LogP contribution in [-0.4, -0.2) is 25.0 Å². The van der Waals surface area contributed by atoms with Gasteiger partial charge in [0.1, 0.15) is 12.6 Å². The third-order valence-corrected chi connectivity index (χ3v) is 3.70. The Morgan fingerprint density at radius 2 is 1.78 bits per heavy atom. The fraction of sp³-hybridized carbons (Fsp3) is 0.786. The van der Waals surface area contributed by atoms with Gasteiger partial charge in [0.05, 0.1) is 5.92 Å². The van der Waals surface area contributed by atoms with Gasteiger partial charge in [-0.1, -0.05) is 25.7 Å². The number of amides is 1. The van der Waals surface area contributed by atoms with Gasteiger partial charge in [0.2, 0.25) is 5.91 Å². The topological polar surface area (TPSA) is 63.2 Å². The van der Waals surface area contributed by atoms with E-state index in [2.05, 4.69) is 5.32 Å². The van der Waals surface area contributed by atoms with Crippen LogP contribution in [0.4, 0.5) is 0 Å². The highest BCUT2D eigenvalue weighted by Crippen LogP contribution is 2.28. The summed E-state index contributed by atoms with van der Waals surface area (Å²) in [7, 11) is 0. The zero-order valence-electron chi connectivity index (χ0n) is 10.9. The molecular weight excluding hydrogens is 230 g/mol. The molecule has 1 aliphatic carbocycles. The molecule has 1 saturated carbocycles. The van der Waals surface area contributed by atoms with E-state index in [-0.39, 0.29) is 18.7 Å². The molecule has 0 aromatic rings. The van der Waals surface area contributed by atoms with Gasteiger partial charge in [-0.05, 0) is 18.8 Å². The van der Waals surface area contributed by atoms with E-state index in [1.165, 1.54) is 32.1 Å². The van der Waals surface area contributed by atoms with Crippen molar-refractivity contribution in [1.82, 2.24) is 5.32 Å². The molecule has 0 aromatic heterocycles. The van der Waals surface area contributed by atoms with E-state index >= 15 is 0 Å². The fourth-order valence-electron chi connectivity index (χ4n) is 2.59. The molecule has 0 spiro atoms. The Balaban J connectivity index is 2.13. The summed E-state index contributed by atoms with van der Waals surface area (Å²) in [5.74, 6) is 0.190. The van der Waals surface area contributed by atoms with Crippen molar-refractivity contribution in [2.45, 2.75) is 51.4 Å². The van der Waals surface area contributed by atoms with Gasteiger partial charge in [0.15, 0.2) is 0 Å². The number of hydrogen-bond donors (Lipinski definition) is 1. The van der Waals surface area contributed by atoms with E-state index in [0.29, 0.717) is 19.1 Å². The second kappa shape index (κ2) is 8.84. The average Bonchev–Trinajstić information content (AvgIpc) is 2.87. The van der Waals surface area contributed by atoms with Gasteiger partial charge in [-0.3, -0.25) is 4.79 Å². The highest BCUT2D eigenvalue weighted by Gasteiger charge is 2.18. The molecule has 0 aromatic carbocycles. The molecule has 1 aliphatic rings.